The summed E-state index contributed by atoms with van der Waals surface area (Å²) in [5.41, 5.74) is 5.18. The highest BCUT2D eigenvalue weighted by molar-refractivity contribution is 5.58. The number of hydrogen-bond donors (Lipinski definition) is 0. The van der Waals surface area contributed by atoms with Crippen LogP contribution in [-0.2, 0) is 6.42 Å². The van der Waals surface area contributed by atoms with Gasteiger partial charge in [0.25, 0.3) is 0 Å². The van der Waals surface area contributed by atoms with Crippen LogP contribution >= 0.6 is 0 Å². The van der Waals surface area contributed by atoms with Crippen molar-refractivity contribution in [1.29, 1.82) is 0 Å². The predicted octanol–water partition coefficient (Wildman–Crippen LogP) is 9.14. The van der Waals surface area contributed by atoms with Crippen LogP contribution in [0.15, 0.2) is 0 Å². The lowest BCUT2D eigenvalue weighted by Crippen LogP contribution is -2.24. The Kier molecular flexibility index (Phi) is 11.4. The minimum Gasteiger partial charge on any atom is -0.493 e. The van der Waals surface area contributed by atoms with Crippen molar-refractivity contribution in [2.24, 2.45) is 17.8 Å². The van der Waals surface area contributed by atoms with Crippen LogP contribution in [-0.4, -0.2) is 12.7 Å². The molecule has 0 radical (unpaired) electrons. The van der Waals surface area contributed by atoms with Gasteiger partial charge < -0.3 is 9.47 Å². The molecule has 0 saturated heterocycles. The van der Waals surface area contributed by atoms with Crippen molar-refractivity contribution in [3.63, 3.8) is 0 Å². The second-order valence-electron chi connectivity index (χ2n) is 11.1. The van der Waals surface area contributed by atoms with Crippen LogP contribution in [0.5, 0.6) is 11.5 Å². The Hall–Kier alpha value is -1.18. The van der Waals surface area contributed by atoms with Crippen LogP contribution in [0.25, 0.3) is 0 Å². The van der Waals surface area contributed by atoms with Crippen molar-refractivity contribution in [2.45, 2.75) is 132 Å². The first-order valence-corrected chi connectivity index (χ1v) is 13.7. The molecule has 3 atom stereocenters. The summed E-state index contributed by atoms with van der Waals surface area (Å²) in [5, 5.41) is 0. The Morgan fingerprint density at radius 3 is 2.00 bits per heavy atom. The normalized spacial score (nSPS) is 17.7. The monoisotopic (exact) mass is 444 g/mol. The second-order valence-corrected chi connectivity index (χ2v) is 11.1. The second kappa shape index (κ2) is 13.5. The minimum atomic E-state index is 0.381. The third-order valence-corrected chi connectivity index (χ3v) is 7.70. The lowest BCUT2D eigenvalue weighted by Gasteiger charge is -2.31. The Labute approximate surface area is 199 Å². The van der Waals surface area contributed by atoms with Gasteiger partial charge >= 0.3 is 0 Å². The summed E-state index contributed by atoms with van der Waals surface area (Å²) in [7, 11) is 0. The molecule has 1 aromatic rings. The zero-order valence-corrected chi connectivity index (χ0v) is 22.6. The Balaban J connectivity index is 1.72. The molecule has 1 aromatic carbocycles. The van der Waals surface area contributed by atoms with E-state index in [1.165, 1.54) is 80.0 Å². The molecule has 0 aliphatic carbocycles. The van der Waals surface area contributed by atoms with E-state index in [9.17, 15) is 0 Å². The summed E-state index contributed by atoms with van der Waals surface area (Å²) >= 11 is 0. The summed E-state index contributed by atoms with van der Waals surface area (Å²) in [4.78, 5) is 0. The van der Waals surface area contributed by atoms with Gasteiger partial charge in [-0.25, -0.2) is 0 Å². The van der Waals surface area contributed by atoms with Crippen molar-refractivity contribution in [2.75, 3.05) is 6.61 Å². The van der Waals surface area contributed by atoms with Crippen LogP contribution in [0.4, 0.5) is 0 Å². The number of ether oxygens (including phenoxy) is 2. The first kappa shape index (κ1) is 27.1. The highest BCUT2D eigenvalue weighted by Gasteiger charge is 2.26. The molecule has 0 bridgehead atoms. The largest absolute Gasteiger partial charge is 0.493 e. The van der Waals surface area contributed by atoms with E-state index in [0.717, 1.165) is 48.7 Å². The SMILES string of the molecule is CCOc1c(C)c(C)c2c(c1C)CCC(CCCC(C)CCCC(C)CCCC(C)C)O2. The lowest BCUT2D eigenvalue weighted by molar-refractivity contribution is 0.156. The number of fused-ring (bicyclic) bond motifs is 1. The number of hydrogen-bond acceptors (Lipinski definition) is 2. The Morgan fingerprint density at radius 2 is 1.41 bits per heavy atom. The highest BCUT2D eigenvalue weighted by atomic mass is 16.5. The van der Waals surface area contributed by atoms with Crippen LogP contribution in [0.3, 0.4) is 0 Å². The lowest BCUT2D eigenvalue weighted by atomic mass is 9.89. The van der Waals surface area contributed by atoms with Gasteiger partial charge in [-0.3, -0.25) is 0 Å². The quantitative estimate of drug-likeness (QED) is 0.285. The molecule has 32 heavy (non-hydrogen) atoms. The van der Waals surface area contributed by atoms with E-state index in [-0.39, 0.29) is 0 Å². The van der Waals surface area contributed by atoms with E-state index in [1.54, 1.807) is 0 Å². The summed E-state index contributed by atoms with van der Waals surface area (Å²) in [6, 6.07) is 0. The van der Waals surface area contributed by atoms with Crippen LogP contribution in [0.1, 0.15) is 121 Å². The maximum atomic E-state index is 6.55. The van der Waals surface area contributed by atoms with Crippen LogP contribution in [0, 0.1) is 38.5 Å². The van der Waals surface area contributed by atoms with Gasteiger partial charge in [-0.2, -0.15) is 0 Å². The van der Waals surface area contributed by atoms with E-state index >= 15 is 0 Å². The molecular formula is C30H52O2. The molecule has 0 saturated carbocycles. The molecule has 1 aliphatic heterocycles. The number of rotatable bonds is 14. The smallest absolute Gasteiger partial charge is 0.126 e. The molecule has 0 N–H and O–H groups in total. The molecule has 1 aliphatic rings. The van der Waals surface area contributed by atoms with Crippen molar-refractivity contribution < 1.29 is 9.47 Å². The van der Waals surface area contributed by atoms with Gasteiger partial charge in [0, 0.05) is 5.56 Å². The molecule has 0 spiro atoms. The van der Waals surface area contributed by atoms with E-state index in [2.05, 4.69) is 55.4 Å². The zero-order chi connectivity index (χ0) is 23.7. The van der Waals surface area contributed by atoms with E-state index in [1.807, 2.05) is 0 Å². The van der Waals surface area contributed by atoms with Crippen molar-refractivity contribution in [3.8, 4) is 11.5 Å². The van der Waals surface area contributed by atoms with Crippen molar-refractivity contribution in [3.05, 3.63) is 22.3 Å². The average Bonchev–Trinajstić information content (AvgIpc) is 2.75. The van der Waals surface area contributed by atoms with E-state index in [4.69, 9.17) is 9.47 Å². The average molecular weight is 445 g/mol. The summed E-state index contributed by atoms with van der Waals surface area (Å²) in [6.45, 7) is 18.9. The Bertz CT molecular complexity index is 691. The fourth-order valence-electron chi connectivity index (χ4n) is 5.38. The third-order valence-electron chi connectivity index (χ3n) is 7.70. The van der Waals surface area contributed by atoms with Crippen LogP contribution < -0.4 is 9.47 Å². The molecule has 0 fully saturated rings. The third kappa shape index (κ3) is 7.99. The summed E-state index contributed by atoms with van der Waals surface area (Å²) in [5.74, 6) is 4.82. The zero-order valence-electron chi connectivity index (χ0n) is 22.6. The molecule has 1 heterocycles. The molecule has 2 nitrogen and oxygen atoms in total. The Morgan fingerprint density at radius 1 is 0.812 bits per heavy atom. The summed E-state index contributed by atoms with van der Waals surface area (Å²) in [6.07, 6.45) is 14.9. The van der Waals surface area contributed by atoms with E-state index in [0.29, 0.717) is 6.10 Å². The van der Waals surface area contributed by atoms with Gasteiger partial charge in [-0.05, 0) is 87.8 Å². The standard InChI is InChI=1S/C30H52O2/c1-9-31-29-24(6)25(7)30-28(26(29)8)20-19-27(32-30)18-12-17-23(5)16-11-15-22(4)14-10-13-21(2)3/h21-23,27H,9-20H2,1-8H3. The maximum Gasteiger partial charge on any atom is 0.126 e. The van der Waals surface area contributed by atoms with Crippen molar-refractivity contribution >= 4 is 0 Å². The topological polar surface area (TPSA) is 18.5 Å². The van der Waals surface area contributed by atoms with Gasteiger partial charge in [0.15, 0.2) is 0 Å². The highest BCUT2D eigenvalue weighted by Crippen LogP contribution is 2.42. The first-order chi connectivity index (χ1) is 15.2. The van der Waals surface area contributed by atoms with Gasteiger partial charge in [-0.1, -0.05) is 72.6 Å². The van der Waals surface area contributed by atoms with Gasteiger partial charge in [-0.15, -0.1) is 0 Å². The molecule has 2 rings (SSSR count). The molecular weight excluding hydrogens is 392 g/mol. The minimum absolute atomic E-state index is 0.381. The molecule has 0 aromatic heterocycles. The van der Waals surface area contributed by atoms with Crippen molar-refractivity contribution in [1.82, 2.24) is 0 Å². The number of benzene rings is 1. The molecule has 184 valence electrons. The predicted molar refractivity (Wildman–Crippen MR) is 139 cm³/mol. The van der Waals surface area contributed by atoms with Gasteiger partial charge in [0.2, 0.25) is 0 Å². The van der Waals surface area contributed by atoms with Crippen LogP contribution in [0.2, 0.25) is 0 Å². The molecule has 2 heteroatoms. The fraction of sp³-hybridized carbons (Fsp3) is 0.800. The molecule has 0 amide bonds. The fourth-order valence-corrected chi connectivity index (χ4v) is 5.38. The van der Waals surface area contributed by atoms with E-state index < -0.39 is 0 Å². The van der Waals surface area contributed by atoms with Gasteiger partial charge in [0.05, 0.1) is 12.7 Å². The summed E-state index contributed by atoms with van der Waals surface area (Å²) < 4.78 is 12.5. The maximum absolute atomic E-state index is 6.55. The molecule has 3 unspecified atom stereocenters. The first-order valence-electron chi connectivity index (χ1n) is 13.7. The van der Waals surface area contributed by atoms with Gasteiger partial charge in [0.1, 0.15) is 11.5 Å².